The lowest BCUT2D eigenvalue weighted by molar-refractivity contribution is 0.281. The van der Waals surface area contributed by atoms with Crippen LogP contribution in [0.5, 0.6) is 0 Å². The van der Waals surface area contributed by atoms with Crippen molar-refractivity contribution in [3.8, 4) is 0 Å². The van der Waals surface area contributed by atoms with Crippen LogP contribution in [0.4, 0.5) is 5.82 Å². The Labute approximate surface area is 70.3 Å². The number of anilines is 1. The molecular formula is C7H13N3O2. The number of aliphatic hydroxyl groups is 1. The van der Waals surface area contributed by atoms with E-state index in [1.54, 1.807) is 0 Å². The predicted molar refractivity (Wildman–Crippen MR) is 46.5 cm³/mol. The van der Waals surface area contributed by atoms with Crippen LogP contribution in [0.2, 0.25) is 0 Å². The Balaban J connectivity index is 0.000000561. The van der Waals surface area contributed by atoms with E-state index in [1.165, 1.54) is 6.20 Å². The molecule has 1 aromatic heterocycles. The Kier molecular flexibility index (Phi) is 4.71. The van der Waals surface area contributed by atoms with Crippen LogP contribution >= 0.6 is 0 Å². The second-order valence-corrected chi connectivity index (χ2v) is 1.79. The average Bonchev–Trinajstić information content (AvgIpc) is 2.08. The molecule has 1 aromatic rings. The van der Waals surface area contributed by atoms with Crippen molar-refractivity contribution in [1.29, 1.82) is 0 Å². The van der Waals surface area contributed by atoms with E-state index < -0.39 is 5.69 Å². The van der Waals surface area contributed by atoms with Gasteiger partial charge in [0.1, 0.15) is 5.82 Å². The van der Waals surface area contributed by atoms with Crippen molar-refractivity contribution < 1.29 is 5.11 Å². The molecule has 0 aromatic carbocycles. The van der Waals surface area contributed by atoms with Gasteiger partial charge in [-0.2, -0.15) is 0 Å². The molecule has 0 aliphatic rings. The first-order valence-corrected chi connectivity index (χ1v) is 3.68. The van der Waals surface area contributed by atoms with Crippen molar-refractivity contribution in [2.45, 2.75) is 20.5 Å². The van der Waals surface area contributed by atoms with Crippen LogP contribution in [-0.2, 0) is 6.61 Å². The minimum absolute atomic E-state index is 0.169. The third-order valence-electron chi connectivity index (χ3n) is 1.10. The second-order valence-electron chi connectivity index (χ2n) is 1.79. The van der Waals surface area contributed by atoms with E-state index in [0.717, 1.165) is 0 Å². The van der Waals surface area contributed by atoms with Crippen LogP contribution in [0, 0.1) is 0 Å². The van der Waals surface area contributed by atoms with Crippen molar-refractivity contribution in [1.82, 2.24) is 9.97 Å². The van der Waals surface area contributed by atoms with E-state index >= 15 is 0 Å². The number of aromatic nitrogens is 2. The summed E-state index contributed by atoms with van der Waals surface area (Å²) >= 11 is 0. The Morgan fingerprint density at radius 2 is 2.25 bits per heavy atom. The SMILES string of the molecule is CC.Nc1[nH]c(=O)ncc1CO. The van der Waals surface area contributed by atoms with Crippen LogP contribution in [0.1, 0.15) is 19.4 Å². The van der Waals surface area contributed by atoms with Gasteiger partial charge in [0.25, 0.3) is 0 Å². The van der Waals surface area contributed by atoms with Crippen LogP contribution in [0.15, 0.2) is 11.0 Å². The largest absolute Gasteiger partial charge is 0.391 e. The fraction of sp³-hybridized carbons (Fsp3) is 0.429. The first kappa shape index (κ1) is 10.6. The number of aromatic amines is 1. The zero-order valence-corrected chi connectivity index (χ0v) is 7.16. The molecule has 0 unspecified atom stereocenters. The monoisotopic (exact) mass is 171 g/mol. The maximum atomic E-state index is 10.4. The van der Waals surface area contributed by atoms with Gasteiger partial charge in [-0.05, 0) is 0 Å². The number of nitrogen functional groups attached to an aromatic ring is 1. The van der Waals surface area contributed by atoms with Crippen LogP contribution in [0.25, 0.3) is 0 Å². The Morgan fingerprint density at radius 3 is 2.67 bits per heavy atom. The molecule has 0 aliphatic heterocycles. The highest BCUT2D eigenvalue weighted by Crippen LogP contribution is 2.00. The molecule has 0 radical (unpaired) electrons. The topological polar surface area (TPSA) is 92.0 Å². The van der Waals surface area contributed by atoms with E-state index in [0.29, 0.717) is 5.56 Å². The minimum atomic E-state index is -0.505. The molecule has 0 saturated carbocycles. The summed E-state index contributed by atoms with van der Waals surface area (Å²) in [4.78, 5) is 16.0. The molecule has 0 fully saturated rings. The molecule has 1 heterocycles. The molecule has 0 atom stereocenters. The third-order valence-corrected chi connectivity index (χ3v) is 1.10. The molecule has 0 amide bonds. The van der Waals surface area contributed by atoms with Gasteiger partial charge in [0, 0.05) is 11.8 Å². The van der Waals surface area contributed by atoms with Crippen molar-refractivity contribution in [3.63, 3.8) is 0 Å². The fourth-order valence-corrected chi connectivity index (χ4v) is 0.560. The Bertz CT molecular complexity index is 282. The number of nitrogens with one attached hydrogen (secondary N) is 1. The van der Waals surface area contributed by atoms with Gasteiger partial charge in [-0.25, -0.2) is 9.78 Å². The van der Waals surface area contributed by atoms with E-state index in [2.05, 4.69) is 9.97 Å². The molecule has 1 rings (SSSR count). The molecule has 0 saturated heterocycles. The molecule has 12 heavy (non-hydrogen) atoms. The smallest absolute Gasteiger partial charge is 0.346 e. The van der Waals surface area contributed by atoms with E-state index in [4.69, 9.17) is 10.8 Å². The lowest BCUT2D eigenvalue weighted by atomic mass is 10.3. The first-order chi connectivity index (χ1) is 5.74. The van der Waals surface area contributed by atoms with Crippen molar-refractivity contribution in [2.75, 3.05) is 5.73 Å². The highest BCUT2D eigenvalue weighted by molar-refractivity contribution is 5.35. The molecule has 0 spiro atoms. The molecule has 68 valence electrons. The Hall–Kier alpha value is -1.36. The summed E-state index contributed by atoms with van der Waals surface area (Å²) in [5, 5.41) is 8.57. The van der Waals surface area contributed by atoms with Crippen molar-refractivity contribution >= 4 is 5.82 Å². The van der Waals surface area contributed by atoms with E-state index in [1.807, 2.05) is 13.8 Å². The standard InChI is InChI=1S/C5H7N3O2.C2H6/c6-4-3(2-9)1-7-5(10)8-4;1-2/h1,9H,2H2,(H3,6,7,8,10);1-2H3. The normalized spacial score (nSPS) is 8.58. The summed E-state index contributed by atoms with van der Waals surface area (Å²) in [6.07, 6.45) is 1.24. The summed E-state index contributed by atoms with van der Waals surface area (Å²) in [7, 11) is 0. The molecule has 0 aliphatic carbocycles. The quantitative estimate of drug-likeness (QED) is 0.548. The molecule has 0 bridgehead atoms. The summed E-state index contributed by atoms with van der Waals surface area (Å²) in [5.74, 6) is 0.169. The number of nitrogens with two attached hydrogens (primary N) is 1. The summed E-state index contributed by atoms with van der Waals surface area (Å²) in [5.41, 5.74) is 5.20. The highest BCUT2D eigenvalue weighted by atomic mass is 16.3. The van der Waals surface area contributed by atoms with Gasteiger partial charge in [0.15, 0.2) is 0 Å². The van der Waals surface area contributed by atoms with Gasteiger partial charge in [-0.1, -0.05) is 13.8 Å². The maximum absolute atomic E-state index is 10.4. The molecule has 5 heteroatoms. The van der Waals surface area contributed by atoms with Gasteiger partial charge in [0.05, 0.1) is 6.61 Å². The van der Waals surface area contributed by atoms with Gasteiger partial charge in [0.2, 0.25) is 0 Å². The van der Waals surface area contributed by atoms with Crippen molar-refractivity contribution in [2.24, 2.45) is 0 Å². The molecule has 5 nitrogen and oxygen atoms in total. The maximum Gasteiger partial charge on any atom is 0.346 e. The fourth-order valence-electron chi connectivity index (χ4n) is 0.560. The van der Waals surface area contributed by atoms with Crippen LogP contribution < -0.4 is 11.4 Å². The van der Waals surface area contributed by atoms with Gasteiger partial charge < -0.3 is 10.8 Å². The number of aliphatic hydroxyl groups excluding tert-OH is 1. The summed E-state index contributed by atoms with van der Waals surface area (Å²) in [6, 6.07) is 0. The lowest BCUT2D eigenvalue weighted by Gasteiger charge is -1.97. The van der Waals surface area contributed by atoms with Gasteiger partial charge in [-0.3, -0.25) is 4.98 Å². The highest BCUT2D eigenvalue weighted by Gasteiger charge is 1.96. The predicted octanol–water partition coefficient (Wildman–Crippen LogP) is -0.129. The minimum Gasteiger partial charge on any atom is -0.391 e. The second kappa shape index (κ2) is 5.31. The summed E-state index contributed by atoms with van der Waals surface area (Å²) < 4.78 is 0. The number of H-pyrrole nitrogens is 1. The zero-order chi connectivity index (χ0) is 9.56. The third kappa shape index (κ3) is 2.71. The Morgan fingerprint density at radius 1 is 1.67 bits per heavy atom. The van der Waals surface area contributed by atoms with Gasteiger partial charge >= 0.3 is 5.69 Å². The van der Waals surface area contributed by atoms with Crippen molar-refractivity contribution in [3.05, 3.63) is 22.2 Å². The average molecular weight is 171 g/mol. The van der Waals surface area contributed by atoms with Crippen LogP contribution in [0.3, 0.4) is 0 Å². The lowest BCUT2D eigenvalue weighted by Crippen LogP contribution is -2.13. The number of nitrogens with zero attached hydrogens (tertiary/aromatic N) is 1. The van der Waals surface area contributed by atoms with E-state index in [-0.39, 0.29) is 12.4 Å². The zero-order valence-electron chi connectivity index (χ0n) is 7.16. The number of rotatable bonds is 1. The van der Waals surface area contributed by atoms with Crippen LogP contribution in [-0.4, -0.2) is 15.1 Å². The molecular weight excluding hydrogens is 158 g/mol. The summed E-state index contributed by atoms with van der Waals surface area (Å²) in [6.45, 7) is 3.79. The molecule has 4 N–H and O–H groups in total. The van der Waals surface area contributed by atoms with Gasteiger partial charge in [-0.15, -0.1) is 0 Å². The van der Waals surface area contributed by atoms with E-state index in [9.17, 15) is 4.79 Å². The first-order valence-electron chi connectivity index (χ1n) is 3.68. The number of hydrogen-bond acceptors (Lipinski definition) is 4. The number of hydrogen-bond donors (Lipinski definition) is 3.